The molecule has 0 bridgehead atoms. The first kappa shape index (κ1) is 14.6. The van der Waals surface area contributed by atoms with E-state index in [4.69, 9.17) is 4.74 Å². The monoisotopic (exact) mass is 295 g/mol. The van der Waals surface area contributed by atoms with Crippen molar-refractivity contribution in [3.8, 4) is 16.9 Å². The zero-order valence-corrected chi connectivity index (χ0v) is 12.8. The summed E-state index contributed by atoms with van der Waals surface area (Å²) < 4.78 is 5.71. The summed E-state index contributed by atoms with van der Waals surface area (Å²) in [4.78, 5) is 11.9. The SMILES string of the molecule is CC(Oc1ccc(-c2ccccc2)cc1)C(=O)NCC1CC1. The summed E-state index contributed by atoms with van der Waals surface area (Å²) in [6.07, 6.45) is 1.99. The molecule has 3 nitrogen and oxygen atoms in total. The second-order valence-electron chi connectivity index (χ2n) is 5.84. The molecule has 1 amide bonds. The maximum absolute atomic E-state index is 11.9. The van der Waals surface area contributed by atoms with Crippen LogP contribution in [0.5, 0.6) is 5.75 Å². The third-order valence-corrected chi connectivity index (χ3v) is 3.91. The number of nitrogens with one attached hydrogen (secondary N) is 1. The van der Waals surface area contributed by atoms with Crippen LogP contribution in [0.3, 0.4) is 0 Å². The van der Waals surface area contributed by atoms with Gasteiger partial charge in [-0.1, -0.05) is 42.5 Å². The Balaban J connectivity index is 1.57. The molecule has 1 unspecified atom stereocenters. The molecule has 2 aromatic carbocycles. The van der Waals surface area contributed by atoms with Crippen LogP contribution in [0.15, 0.2) is 54.6 Å². The highest BCUT2D eigenvalue weighted by Crippen LogP contribution is 2.27. The Hall–Kier alpha value is -2.29. The van der Waals surface area contributed by atoms with Gasteiger partial charge in [-0.05, 0) is 48.9 Å². The Bertz CT molecular complexity index is 618. The minimum Gasteiger partial charge on any atom is -0.481 e. The fourth-order valence-electron chi connectivity index (χ4n) is 2.32. The van der Waals surface area contributed by atoms with Crippen molar-refractivity contribution >= 4 is 5.91 Å². The first-order valence-corrected chi connectivity index (χ1v) is 7.82. The fraction of sp³-hybridized carbons (Fsp3) is 0.316. The summed E-state index contributed by atoms with van der Waals surface area (Å²) in [5.41, 5.74) is 2.31. The topological polar surface area (TPSA) is 38.3 Å². The van der Waals surface area contributed by atoms with Crippen molar-refractivity contribution in [3.63, 3.8) is 0 Å². The number of benzene rings is 2. The molecule has 0 radical (unpaired) electrons. The van der Waals surface area contributed by atoms with E-state index in [0.717, 1.165) is 12.1 Å². The van der Waals surface area contributed by atoms with Crippen LogP contribution in [0, 0.1) is 5.92 Å². The lowest BCUT2D eigenvalue weighted by atomic mass is 10.1. The Kier molecular flexibility index (Phi) is 4.42. The molecule has 0 aromatic heterocycles. The summed E-state index contributed by atoms with van der Waals surface area (Å²) in [5.74, 6) is 1.36. The van der Waals surface area contributed by atoms with Gasteiger partial charge < -0.3 is 10.1 Å². The molecular formula is C19H21NO2. The lowest BCUT2D eigenvalue weighted by Gasteiger charge is -2.15. The van der Waals surface area contributed by atoms with Gasteiger partial charge in [-0.15, -0.1) is 0 Å². The molecule has 3 heteroatoms. The largest absolute Gasteiger partial charge is 0.481 e. The van der Waals surface area contributed by atoms with E-state index in [1.807, 2.05) is 42.5 Å². The molecule has 1 atom stereocenters. The number of hydrogen-bond donors (Lipinski definition) is 1. The van der Waals surface area contributed by atoms with Crippen molar-refractivity contribution in [2.45, 2.75) is 25.9 Å². The Morgan fingerprint density at radius 3 is 2.36 bits per heavy atom. The Labute approximate surface area is 131 Å². The molecule has 0 aliphatic heterocycles. The molecule has 1 saturated carbocycles. The van der Waals surface area contributed by atoms with Gasteiger partial charge in [0, 0.05) is 6.54 Å². The molecule has 1 aliphatic carbocycles. The van der Waals surface area contributed by atoms with Crippen LogP contribution >= 0.6 is 0 Å². The number of carbonyl (C=O) groups is 1. The van der Waals surface area contributed by atoms with Gasteiger partial charge in [-0.3, -0.25) is 4.79 Å². The molecule has 2 aromatic rings. The molecule has 1 fully saturated rings. The summed E-state index contributed by atoms with van der Waals surface area (Å²) in [5, 5.41) is 2.94. The normalized spacial score (nSPS) is 15.1. The quantitative estimate of drug-likeness (QED) is 0.883. The smallest absolute Gasteiger partial charge is 0.260 e. The number of amides is 1. The zero-order chi connectivity index (χ0) is 15.4. The van der Waals surface area contributed by atoms with Crippen molar-refractivity contribution in [3.05, 3.63) is 54.6 Å². The molecule has 1 aliphatic rings. The van der Waals surface area contributed by atoms with Crippen molar-refractivity contribution < 1.29 is 9.53 Å². The van der Waals surface area contributed by atoms with Gasteiger partial charge in [0.2, 0.25) is 0 Å². The van der Waals surface area contributed by atoms with E-state index in [-0.39, 0.29) is 5.91 Å². The first-order valence-electron chi connectivity index (χ1n) is 7.82. The molecule has 0 saturated heterocycles. The summed E-state index contributed by atoms with van der Waals surface area (Å²) >= 11 is 0. The van der Waals surface area contributed by atoms with E-state index in [0.29, 0.717) is 11.7 Å². The van der Waals surface area contributed by atoms with Crippen LogP contribution < -0.4 is 10.1 Å². The van der Waals surface area contributed by atoms with E-state index < -0.39 is 6.10 Å². The predicted octanol–water partition coefficient (Wildman–Crippen LogP) is 3.65. The second-order valence-corrected chi connectivity index (χ2v) is 5.84. The second kappa shape index (κ2) is 6.65. The van der Waals surface area contributed by atoms with Gasteiger partial charge in [0.05, 0.1) is 0 Å². The van der Waals surface area contributed by atoms with Gasteiger partial charge in [0.1, 0.15) is 5.75 Å². The third-order valence-electron chi connectivity index (χ3n) is 3.91. The van der Waals surface area contributed by atoms with E-state index >= 15 is 0 Å². The van der Waals surface area contributed by atoms with Crippen LogP contribution in [0.4, 0.5) is 0 Å². The van der Waals surface area contributed by atoms with Crippen LogP contribution in [0.25, 0.3) is 11.1 Å². The zero-order valence-electron chi connectivity index (χ0n) is 12.8. The minimum absolute atomic E-state index is 0.0426. The molecule has 0 heterocycles. The maximum Gasteiger partial charge on any atom is 0.260 e. The molecule has 22 heavy (non-hydrogen) atoms. The van der Waals surface area contributed by atoms with E-state index in [9.17, 15) is 4.79 Å². The molecule has 1 N–H and O–H groups in total. The summed E-state index contributed by atoms with van der Waals surface area (Å²) in [7, 11) is 0. The van der Waals surface area contributed by atoms with Crippen molar-refractivity contribution in [1.29, 1.82) is 0 Å². The van der Waals surface area contributed by atoms with Crippen LogP contribution in [0.1, 0.15) is 19.8 Å². The van der Waals surface area contributed by atoms with Gasteiger partial charge in [-0.2, -0.15) is 0 Å². The van der Waals surface area contributed by atoms with Gasteiger partial charge in [-0.25, -0.2) is 0 Å². The molecule has 114 valence electrons. The molecule has 3 rings (SSSR count). The van der Waals surface area contributed by atoms with Gasteiger partial charge >= 0.3 is 0 Å². The fourth-order valence-corrected chi connectivity index (χ4v) is 2.32. The van der Waals surface area contributed by atoms with E-state index in [2.05, 4.69) is 17.4 Å². The number of carbonyl (C=O) groups excluding carboxylic acids is 1. The number of ether oxygens (including phenoxy) is 1. The Morgan fingerprint density at radius 1 is 1.09 bits per heavy atom. The molecule has 0 spiro atoms. The lowest BCUT2D eigenvalue weighted by molar-refractivity contribution is -0.127. The lowest BCUT2D eigenvalue weighted by Crippen LogP contribution is -2.37. The minimum atomic E-state index is -0.471. The van der Waals surface area contributed by atoms with Crippen molar-refractivity contribution in [1.82, 2.24) is 5.32 Å². The predicted molar refractivity (Wildman–Crippen MR) is 87.7 cm³/mol. The highest BCUT2D eigenvalue weighted by Gasteiger charge is 2.23. The number of hydrogen-bond acceptors (Lipinski definition) is 2. The highest BCUT2D eigenvalue weighted by molar-refractivity contribution is 5.80. The average Bonchev–Trinajstić information content (AvgIpc) is 3.38. The van der Waals surface area contributed by atoms with Crippen molar-refractivity contribution in [2.75, 3.05) is 6.54 Å². The van der Waals surface area contributed by atoms with Gasteiger partial charge in [0.25, 0.3) is 5.91 Å². The summed E-state index contributed by atoms with van der Waals surface area (Å²) in [6, 6.07) is 18.0. The molecular weight excluding hydrogens is 274 g/mol. The maximum atomic E-state index is 11.9. The highest BCUT2D eigenvalue weighted by atomic mass is 16.5. The average molecular weight is 295 g/mol. The Morgan fingerprint density at radius 2 is 1.73 bits per heavy atom. The van der Waals surface area contributed by atoms with E-state index in [1.165, 1.54) is 18.4 Å². The first-order chi connectivity index (χ1) is 10.7. The summed E-state index contributed by atoms with van der Waals surface area (Å²) in [6.45, 7) is 2.56. The van der Waals surface area contributed by atoms with Crippen LogP contribution in [-0.2, 0) is 4.79 Å². The third kappa shape index (κ3) is 3.88. The van der Waals surface area contributed by atoms with E-state index in [1.54, 1.807) is 6.92 Å². The number of rotatable bonds is 6. The van der Waals surface area contributed by atoms with Crippen molar-refractivity contribution in [2.24, 2.45) is 5.92 Å². The standard InChI is InChI=1S/C19H21NO2/c1-14(19(21)20-13-15-7-8-15)22-18-11-9-17(10-12-18)16-5-3-2-4-6-16/h2-6,9-12,14-15H,7-8,13H2,1H3,(H,20,21). The van der Waals surface area contributed by atoms with Crippen LogP contribution in [0.2, 0.25) is 0 Å². The van der Waals surface area contributed by atoms with Crippen LogP contribution in [-0.4, -0.2) is 18.6 Å². The van der Waals surface area contributed by atoms with Gasteiger partial charge in [0.15, 0.2) is 6.10 Å².